The molecule has 2 rings (SSSR count). The quantitative estimate of drug-likeness (QED) is 0.766. The first-order chi connectivity index (χ1) is 9.72. The number of nitrogens with zero attached hydrogens (tertiary/aromatic N) is 1. The molecule has 0 saturated carbocycles. The SMILES string of the molecule is CCN1CC(CC)(CC)c2c(CNCCF)cccc21. The van der Waals surface area contributed by atoms with Crippen molar-refractivity contribution in [3.8, 4) is 0 Å². The highest BCUT2D eigenvalue weighted by Gasteiger charge is 2.40. The number of rotatable bonds is 7. The van der Waals surface area contributed by atoms with Crippen molar-refractivity contribution in [1.29, 1.82) is 0 Å². The Morgan fingerprint density at radius 1 is 1.25 bits per heavy atom. The highest BCUT2D eigenvalue weighted by molar-refractivity contribution is 5.65. The molecule has 0 aliphatic carbocycles. The summed E-state index contributed by atoms with van der Waals surface area (Å²) in [5.41, 5.74) is 4.49. The molecule has 0 unspecified atom stereocenters. The summed E-state index contributed by atoms with van der Waals surface area (Å²) in [4.78, 5) is 2.49. The normalized spacial score (nSPS) is 16.5. The Morgan fingerprint density at radius 3 is 2.60 bits per heavy atom. The minimum atomic E-state index is -0.303. The van der Waals surface area contributed by atoms with E-state index in [-0.39, 0.29) is 12.1 Å². The molecule has 0 fully saturated rings. The molecule has 1 N–H and O–H groups in total. The number of hydrogen-bond donors (Lipinski definition) is 1. The van der Waals surface area contributed by atoms with Gasteiger partial charge in [-0.05, 0) is 37.0 Å². The van der Waals surface area contributed by atoms with Crippen molar-refractivity contribution in [2.24, 2.45) is 0 Å². The molecule has 2 nitrogen and oxygen atoms in total. The van der Waals surface area contributed by atoms with Gasteiger partial charge in [0, 0.05) is 37.3 Å². The van der Waals surface area contributed by atoms with E-state index in [1.165, 1.54) is 16.8 Å². The van der Waals surface area contributed by atoms with Gasteiger partial charge in [-0.3, -0.25) is 0 Å². The Morgan fingerprint density at radius 2 is 2.00 bits per heavy atom. The lowest BCUT2D eigenvalue weighted by Crippen LogP contribution is -2.33. The molecule has 0 saturated heterocycles. The van der Waals surface area contributed by atoms with E-state index in [0.717, 1.165) is 32.5 Å². The molecule has 1 heterocycles. The summed E-state index contributed by atoms with van der Waals surface area (Å²) < 4.78 is 12.3. The van der Waals surface area contributed by atoms with Gasteiger partial charge < -0.3 is 10.2 Å². The van der Waals surface area contributed by atoms with Crippen molar-refractivity contribution in [2.75, 3.05) is 31.2 Å². The summed E-state index contributed by atoms with van der Waals surface area (Å²) in [5, 5.41) is 3.21. The number of likely N-dealkylation sites (N-methyl/N-ethyl adjacent to an activating group) is 1. The fraction of sp³-hybridized carbons (Fsp3) is 0.647. The van der Waals surface area contributed by atoms with Crippen LogP contribution in [0.25, 0.3) is 0 Å². The van der Waals surface area contributed by atoms with Crippen LogP contribution in [0.4, 0.5) is 10.1 Å². The van der Waals surface area contributed by atoms with Crippen LogP contribution in [0.2, 0.25) is 0 Å². The van der Waals surface area contributed by atoms with Gasteiger partial charge in [0.2, 0.25) is 0 Å². The average molecular weight is 278 g/mol. The second-order valence-corrected chi connectivity index (χ2v) is 5.68. The Hall–Kier alpha value is -1.09. The summed E-state index contributed by atoms with van der Waals surface area (Å²) in [6, 6.07) is 6.57. The molecule has 20 heavy (non-hydrogen) atoms. The van der Waals surface area contributed by atoms with Crippen LogP contribution in [-0.4, -0.2) is 26.3 Å². The summed E-state index contributed by atoms with van der Waals surface area (Å²) in [7, 11) is 0. The summed E-state index contributed by atoms with van der Waals surface area (Å²) >= 11 is 0. The average Bonchev–Trinajstić information content (AvgIpc) is 2.83. The van der Waals surface area contributed by atoms with Gasteiger partial charge in [-0.2, -0.15) is 0 Å². The van der Waals surface area contributed by atoms with Crippen molar-refractivity contribution in [3.05, 3.63) is 29.3 Å². The highest BCUT2D eigenvalue weighted by Crippen LogP contribution is 2.46. The van der Waals surface area contributed by atoms with E-state index in [0.29, 0.717) is 6.54 Å². The fourth-order valence-corrected chi connectivity index (χ4v) is 3.54. The smallest absolute Gasteiger partial charge is 0.102 e. The van der Waals surface area contributed by atoms with E-state index in [1.54, 1.807) is 0 Å². The number of benzene rings is 1. The molecule has 1 aliphatic heterocycles. The largest absolute Gasteiger partial charge is 0.371 e. The molecule has 1 aliphatic rings. The zero-order valence-corrected chi connectivity index (χ0v) is 13.0. The maximum absolute atomic E-state index is 12.3. The fourth-order valence-electron chi connectivity index (χ4n) is 3.54. The molecule has 3 heteroatoms. The Bertz CT molecular complexity index is 441. The molecule has 1 aromatic carbocycles. The molecule has 0 bridgehead atoms. The van der Waals surface area contributed by atoms with Crippen molar-refractivity contribution in [3.63, 3.8) is 0 Å². The zero-order valence-electron chi connectivity index (χ0n) is 13.0. The topological polar surface area (TPSA) is 15.3 Å². The number of halogens is 1. The van der Waals surface area contributed by atoms with Crippen molar-refractivity contribution in [2.45, 2.75) is 45.6 Å². The molecule has 0 amide bonds. The second kappa shape index (κ2) is 6.57. The number of nitrogens with one attached hydrogen (secondary N) is 1. The van der Waals surface area contributed by atoms with Gasteiger partial charge in [0.05, 0.1) is 0 Å². The van der Waals surface area contributed by atoms with Crippen LogP contribution in [0.1, 0.15) is 44.7 Å². The summed E-state index contributed by atoms with van der Waals surface area (Å²) in [6.07, 6.45) is 2.32. The first-order valence-electron chi connectivity index (χ1n) is 7.86. The van der Waals surface area contributed by atoms with Gasteiger partial charge in [0.1, 0.15) is 6.67 Å². The minimum Gasteiger partial charge on any atom is -0.371 e. The third kappa shape index (κ3) is 2.56. The van der Waals surface area contributed by atoms with Gasteiger partial charge in [0.25, 0.3) is 0 Å². The molecular formula is C17H27FN2. The van der Waals surface area contributed by atoms with Crippen LogP contribution < -0.4 is 10.2 Å². The standard InChI is InChI=1S/C17H27FN2/c1-4-17(5-2)13-20(6-3)15-9-7-8-14(16(15)17)12-19-11-10-18/h7-9,19H,4-6,10-13H2,1-3H3. The lowest BCUT2D eigenvalue weighted by atomic mass is 9.75. The van der Waals surface area contributed by atoms with Gasteiger partial charge in [-0.25, -0.2) is 4.39 Å². The Labute approximate surface area is 122 Å². The molecule has 1 aromatic rings. The first kappa shape index (κ1) is 15.3. The van der Waals surface area contributed by atoms with Gasteiger partial charge in [-0.15, -0.1) is 0 Å². The first-order valence-corrected chi connectivity index (χ1v) is 7.86. The predicted octanol–water partition coefficient (Wildman–Crippen LogP) is 3.64. The molecule has 112 valence electrons. The van der Waals surface area contributed by atoms with Crippen molar-refractivity contribution >= 4 is 5.69 Å². The predicted molar refractivity (Wildman–Crippen MR) is 84.3 cm³/mol. The Balaban J connectivity index is 2.40. The van der Waals surface area contributed by atoms with Crippen molar-refractivity contribution in [1.82, 2.24) is 5.32 Å². The lowest BCUT2D eigenvalue weighted by molar-refractivity contribution is 0.415. The highest BCUT2D eigenvalue weighted by atomic mass is 19.1. The van der Waals surface area contributed by atoms with Gasteiger partial charge >= 0.3 is 0 Å². The number of fused-ring (bicyclic) bond motifs is 1. The maximum atomic E-state index is 12.3. The number of hydrogen-bond acceptors (Lipinski definition) is 2. The lowest BCUT2D eigenvalue weighted by Gasteiger charge is -2.29. The van der Waals surface area contributed by atoms with E-state index in [9.17, 15) is 4.39 Å². The van der Waals surface area contributed by atoms with Crippen molar-refractivity contribution < 1.29 is 4.39 Å². The minimum absolute atomic E-state index is 0.263. The third-order valence-electron chi connectivity index (χ3n) is 4.82. The van der Waals surface area contributed by atoms with E-state index < -0.39 is 0 Å². The molecular weight excluding hydrogens is 251 g/mol. The number of alkyl halides is 1. The van der Waals surface area contributed by atoms with Crippen LogP contribution in [0.15, 0.2) is 18.2 Å². The van der Waals surface area contributed by atoms with E-state index in [4.69, 9.17) is 0 Å². The number of anilines is 1. The van der Waals surface area contributed by atoms with Crippen LogP contribution in [0, 0.1) is 0 Å². The summed E-state index contributed by atoms with van der Waals surface area (Å²) in [6.45, 7) is 9.87. The molecule has 0 radical (unpaired) electrons. The molecule has 0 aromatic heterocycles. The van der Waals surface area contributed by atoms with E-state index >= 15 is 0 Å². The van der Waals surface area contributed by atoms with E-state index in [2.05, 4.69) is 49.2 Å². The van der Waals surface area contributed by atoms with Gasteiger partial charge in [-0.1, -0.05) is 26.0 Å². The molecule has 0 atom stereocenters. The second-order valence-electron chi connectivity index (χ2n) is 5.68. The molecule has 0 spiro atoms. The van der Waals surface area contributed by atoms with Crippen LogP contribution >= 0.6 is 0 Å². The van der Waals surface area contributed by atoms with Crippen LogP contribution in [-0.2, 0) is 12.0 Å². The maximum Gasteiger partial charge on any atom is 0.102 e. The Kier molecular flexibility index (Phi) is 5.03. The van der Waals surface area contributed by atoms with E-state index in [1.807, 2.05) is 0 Å². The monoisotopic (exact) mass is 278 g/mol. The summed E-state index contributed by atoms with van der Waals surface area (Å²) in [5.74, 6) is 0. The van der Waals surface area contributed by atoms with Crippen LogP contribution in [0.3, 0.4) is 0 Å². The van der Waals surface area contributed by atoms with Crippen LogP contribution in [0.5, 0.6) is 0 Å². The van der Waals surface area contributed by atoms with Gasteiger partial charge in [0.15, 0.2) is 0 Å². The zero-order chi connectivity index (χ0) is 14.6. The third-order valence-corrected chi connectivity index (χ3v) is 4.82.